The van der Waals surface area contributed by atoms with E-state index < -0.39 is 14.6 Å². The first kappa shape index (κ1) is 17.9. The van der Waals surface area contributed by atoms with Gasteiger partial charge in [-0.25, -0.2) is 8.42 Å². The second-order valence-corrected chi connectivity index (χ2v) is 7.95. The predicted molar refractivity (Wildman–Crippen MR) is 82.3 cm³/mol. The van der Waals surface area contributed by atoms with E-state index >= 15 is 0 Å². The summed E-state index contributed by atoms with van der Waals surface area (Å²) >= 11 is 0. The molecule has 0 radical (unpaired) electrons. The Balaban J connectivity index is 3.18. The van der Waals surface area contributed by atoms with Crippen molar-refractivity contribution in [3.05, 3.63) is 29.3 Å². The lowest BCUT2D eigenvalue weighted by atomic mass is 10.0. The normalized spacial score (nSPS) is 12.2. The minimum Gasteiger partial charge on any atom is -0.382 e. The fourth-order valence-corrected chi connectivity index (χ4v) is 2.78. The zero-order valence-electron chi connectivity index (χ0n) is 12.6. The molecule has 0 aliphatic heterocycles. The Bertz CT molecular complexity index is 626. The van der Waals surface area contributed by atoms with Crippen molar-refractivity contribution in [2.75, 3.05) is 13.7 Å². The molecule has 118 valence electrons. The molecular weight excluding hydrogens is 314 g/mol. The molecule has 0 saturated heterocycles. The first-order valence-electron chi connectivity index (χ1n) is 6.50. The van der Waals surface area contributed by atoms with Crippen LogP contribution in [-0.4, -0.2) is 33.6 Å². The number of hydrogen-bond acceptors (Lipinski definition) is 4. The van der Waals surface area contributed by atoms with Crippen LogP contribution in [-0.2, 0) is 20.2 Å². The molecule has 1 N–H and O–H groups in total. The number of rotatable bonds is 6. The summed E-state index contributed by atoms with van der Waals surface area (Å²) in [6, 6.07) is 4.31. The first-order chi connectivity index (χ1) is 9.60. The number of carbonyl (C=O) groups excluding carboxylic acids is 1. The highest BCUT2D eigenvalue weighted by molar-refractivity contribution is 8.13. The monoisotopic (exact) mass is 333 g/mol. The molecule has 0 atom stereocenters. The Morgan fingerprint density at radius 1 is 1.38 bits per heavy atom. The van der Waals surface area contributed by atoms with E-state index in [4.69, 9.17) is 15.4 Å². The molecule has 21 heavy (non-hydrogen) atoms. The summed E-state index contributed by atoms with van der Waals surface area (Å²) < 4.78 is 27.9. The Kier molecular flexibility index (Phi) is 5.78. The molecule has 1 amide bonds. The molecule has 0 fully saturated rings. The molecule has 0 bridgehead atoms. The minimum absolute atomic E-state index is 0.0870. The summed E-state index contributed by atoms with van der Waals surface area (Å²) in [5, 5.41) is 2.83. The molecular formula is C14H20ClNO4S. The van der Waals surface area contributed by atoms with Gasteiger partial charge in [0, 0.05) is 23.4 Å². The van der Waals surface area contributed by atoms with Crippen molar-refractivity contribution in [1.82, 2.24) is 5.32 Å². The number of carbonyl (C=O) groups is 1. The number of nitrogens with one attached hydrogen (secondary N) is 1. The summed E-state index contributed by atoms with van der Waals surface area (Å²) in [5.41, 5.74) is 0.500. The third-order valence-electron chi connectivity index (χ3n) is 2.95. The Morgan fingerprint density at radius 2 is 2.00 bits per heavy atom. The van der Waals surface area contributed by atoms with Crippen LogP contribution in [0.2, 0.25) is 0 Å². The number of hydrogen-bond donors (Lipinski definition) is 1. The average molecular weight is 334 g/mol. The number of amides is 1. The van der Waals surface area contributed by atoms with Crippen LogP contribution in [0.4, 0.5) is 0 Å². The van der Waals surface area contributed by atoms with Crippen molar-refractivity contribution >= 4 is 25.6 Å². The average Bonchev–Trinajstić information content (AvgIpc) is 2.36. The van der Waals surface area contributed by atoms with Gasteiger partial charge in [0.1, 0.15) is 0 Å². The maximum absolute atomic E-state index is 12.4. The molecule has 0 aromatic heterocycles. The smallest absolute Gasteiger partial charge is 0.261 e. The van der Waals surface area contributed by atoms with Gasteiger partial charge in [0.05, 0.1) is 17.0 Å². The van der Waals surface area contributed by atoms with Crippen molar-refractivity contribution in [2.24, 2.45) is 0 Å². The van der Waals surface area contributed by atoms with Crippen LogP contribution in [0.1, 0.15) is 36.7 Å². The van der Waals surface area contributed by atoms with E-state index in [-0.39, 0.29) is 10.8 Å². The molecule has 1 aromatic rings. The molecule has 0 aliphatic carbocycles. The summed E-state index contributed by atoms with van der Waals surface area (Å²) in [5.74, 6) is -0.351. The predicted octanol–water partition coefficient (Wildman–Crippen LogP) is 2.33. The lowest BCUT2D eigenvalue weighted by Gasteiger charge is -2.25. The van der Waals surface area contributed by atoms with Crippen LogP contribution >= 0.6 is 10.7 Å². The highest BCUT2D eigenvalue weighted by atomic mass is 35.7. The lowest BCUT2D eigenvalue weighted by molar-refractivity contribution is 0.0819. The molecule has 5 nitrogen and oxygen atoms in total. The number of aryl methyl sites for hydroxylation is 1. The molecule has 0 aliphatic rings. The van der Waals surface area contributed by atoms with Crippen LogP contribution in [0.25, 0.3) is 0 Å². The fourth-order valence-electron chi connectivity index (χ4n) is 2.00. The second kappa shape index (κ2) is 6.77. The SMILES string of the molecule is CCc1ccc(S(=O)(=O)Cl)cc1C(=O)NC(C)(C)COC. The molecule has 7 heteroatoms. The summed E-state index contributed by atoms with van der Waals surface area (Å²) in [6.07, 6.45) is 0.607. The number of benzene rings is 1. The standard InChI is InChI=1S/C14H20ClNO4S/c1-5-10-6-7-11(21(15,18)19)8-12(10)13(17)16-14(2,3)9-20-4/h6-8H,5,9H2,1-4H3,(H,16,17). The maximum atomic E-state index is 12.4. The largest absolute Gasteiger partial charge is 0.382 e. The van der Waals surface area contributed by atoms with Gasteiger partial charge in [-0.1, -0.05) is 13.0 Å². The van der Waals surface area contributed by atoms with Gasteiger partial charge in [-0.3, -0.25) is 4.79 Å². The van der Waals surface area contributed by atoms with Crippen LogP contribution in [0, 0.1) is 0 Å². The quantitative estimate of drug-likeness (QED) is 0.811. The van der Waals surface area contributed by atoms with Crippen molar-refractivity contribution in [3.63, 3.8) is 0 Å². The summed E-state index contributed by atoms with van der Waals surface area (Å²) in [7, 11) is 3.01. The Morgan fingerprint density at radius 3 is 2.48 bits per heavy atom. The first-order valence-corrected chi connectivity index (χ1v) is 8.80. The van der Waals surface area contributed by atoms with Gasteiger partial charge in [0.25, 0.3) is 15.0 Å². The topological polar surface area (TPSA) is 72.5 Å². The van der Waals surface area contributed by atoms with Crippen LogP contribution in [0.3, 0.4) is 0 Å². The number of methoxy groups -OCH3 is 1. The van der Waals surface area contributed by atoms with E-state index in [9.17, 15) is 13.2 Å². The van der Waals surface area contributed by atoms with E-state index in [0.717, 1.165) is 5.56 Å². The van der Waals surface area contributed by atoms with Gasteiger partial charge in [0.2, 0.25) is 0 Å². The Labute approximate surface area is 130 Å². The van der Waals surface area contributed by atoms with Crippen LogP contribution < -0.4 is 5.32 Å². The highest BCUT2D eigenvalue weighted by Gasteiger charge is 2.23. The van der Waals surface area contributed by atoms with E-state index in [1.807, 2.05) is 20.8 Å². The van der Waals surface area contributed by atoms with E-state index in [2.05, 4.69) is 5.32 Å². The molecule has 0 spiro atoms. The van der Waals surface area contributed by atoms with E-state index in [0.29, 0.717) is 18.6 Å². The molecule has 1 rings (SSSR count). The fraction of sp³-hybridized carbons (Fsp3) is 0.500. The molecule has 0 saturated carbocycles. The van der Waals surface area contributed by atoms with Crippen LogP contribution in [0.15, 0.2) is 23.1 Å². The second-order valence-electron chi connectivity index (χ2n) is 5.38. The molecule has 0 unspecified atom stereocenters. The van der Waals surface area contributed by atoms with Gasteiger partial charge in [0.15, 0.2) is 0 Å². The number of ether oxygens (including phenoxy) is 1. The summed E-state index contributed by atoms with van der Waals surface area (Å²) in [6.45, 7) is 5.87. The number of halogens is 1. The van der Waals surface area contributed by atoms with Gasteiger partial charge in [-0.15, -0.1) is 0 Å². The lowest BCUT2D eigenvalue weighted by Crippen LogP contribution is -2.47. The van der Waals surface area contributed by atoms with Crippen molar-refractivity contribution in [1.29, 1.82) is 0 Å². The van der Waals surface area contributed by atoms with Crippen molar-refractivity contribution in [3.8, 4) is 0 Å². The van der Waals surface area contributed by atoms with Crippen molar-refractivity contribution < 1.29 is 17.9 Å². The van der Waals surface area contributed by atoms with Gasteiger partial charge in [-0.2, -0.15) is 0 Å². The van der Waals surface area contributed by atoms with E-state index in [1.54, 1.807) is 13.2 Å². The Hall–Kier alpha value is -1.11. The zero-order valence-corrected chi connectivity index (χ0v) is 14.1. The van der Waals surface area contributed by atoms with E-state index in [1.165, 1.54) is 12.1 Å². The van der Waals surface area contributed by atoms with Gasteiger partial charge in [-0.05, 0) is 38.0 Å². The molecule has 1 aromatic carbocycles. The van der Waals surface area contributed by atoms with Gasteiger partial charge < -0.3 is 10.1 Å². The minimum atomic E-state index is -3.87. The third-order valence-corrected chi connectivity index (χ3v) is 4.30. The van der Waals surface area contributed by atoms with Gasteiger partial charge >= 0.3 is 0 Å². The maximum Gasteiger partial charge on any atom is 0.261 e. The van der Waals surface area contributed by atoms with Crippen molar-refractivity contribution in [2.45, 2.75) is 37.6 Å². The third kappa shape index (κ3) is 4.98. The summed E-state index contributed by atoms with van der Waals surface area (Å²) in [4.78, 5) is 12.3. The van der Waals surface area contributed by atoms with Crippen LogP contribution in [0.5, 0.6) is 0 Å². The highest BCUT2D eigenvalue weighted by Crippen LogP contribution is 2.20. The molecule has 0 heterocycles. The zero-order chi connectivity index (χ0) is 16.3.